The molecule has 7 nitrogen and oxygen atoms in total. The molecule has 1 aromatic heterocycles. The van der Waals surface area contributed by atoms with Crippen LogP contribution in [0.25, 0.3) is 0 Å². The van der Waals surface area contributed by atoms with Crippen molar-refractivity contribution in [3.63, 3.8) is 0 Å². The Morgan fingerprint density at radius 2 is 1.61 bits per heavy atom. The number of alkyl halides is 1. The molecule has 0 aliphatic carbocycles. The Morgan fingerprint density at radius 1 is 1.00 bits per heavy atom. The van der Waals surface area contributed by atoms with Gasteiger partial charge in [-0.15, -0.1) is 0 Å². The van der Waals surface area contributed by atoms with Gasteiger partial charge < -0.3 is 9.74 Å². The summed E-state index contributed by atoms with van der Waals surface area (Å²) in [6.45, 7) is 14.2. The van der Waals surface area contributed by atoms with Gasteiger partial charge in [0.2, 0.25) is 5.91 Å². The first-order chi connectivity index (χ1) is 19.2. The van der Waals surface area contributed by atoms with Gasteiger partial charge in [0, 0.05) is 12.6 Å². The van der Waals surface area contributed by atoms with E-state index in [-0.39, 0.29) is 22.6 Å². The maximum atomic E-state index is 15.9. The molecule has 220 valence electrons. The highest BCUT2D eigenvalue weighted by Crippen LogP contribution is 2.36. The Bertz CT molecular complexity index is 1280. The van der Waals surface area contributed by atoms with E-state index in [1.54, 1.807) is 50.4 Å². The third kappa shape index (κ3) is 7.62. The first kappa shape index (κ1) is 32.0. The number of aromatic nitrogens is 1. The molecular weight excluding hydrogens is 537 g/mol. The number of nitrogens with zero attached hydrogens (tertiary/aromatic N) is 2. The number of imide groups is 1. The molecule has 0 fully saturated rings. The molecule has 1 aliphatic heterocycles. The number of rotatable bonds is 11. The largest absolute Gasteiger partial charge is 0.500 e. The van der Waals surface area contributed by atoms with Crippen molar-refractivity contribution in [1.82, 2.24) is 15.2 Å². The van der Waals surface area contributed by atoms with E-state index in [0.717, 1.165) is 11.3 Å². The molecule has 2 heterocycles. The first-order valence-corrected chi connectivity index (χ1v) is 17.1. The van der Waals surface area contributed by atoms with Crippen LogP contribution >= 0.6 is 0 Å². The number of carbonyl (C=O) groups is 3. The Morgan fingerprint density at radius 3 is 2.17 bits per heavy atom. The van der Waals surface area contributed by atoms with E-state index in [4.69, 9.17) is 4.43 Å². The van der Waals surface area contributed by atoms with Crippen molar-refractivity contribution in [2.75, 3.05) is 0 Å². The second kappa shape index (κ2) is 13.0. The minimum Gasteiger partial charge on any atom is -0.500 e. The fraction of sp³-hybridized carbons (Fsp3) is 0.500. The molecule has 2 aromatic rings. The molecule has 3 rings (SSSR count). The number of amides is 3. The molecule has 1 aromatic carbocycles. The maximum Gasteiger partial charge on any atom is 0.264 e. The number of carbonyl (C=O) groups excluding carboxylic acids is 3. The zero-order valence-electron chi connectivity index (χ0n) is 25.2. The molecule has 0 saturated carbocycles. The van der Waals surface area contributed by atoms with Gasteiger partial charge in [0.25, 0.3) is 20.1 Å². The number of pyridine rings is 1. The van der Waals surface area contributed by atoms with Gasteiger partial charge in [-0.05, 0) is 69.1 Å². The predicted octanol–water partition coefficient (Wildman–Crippen LogP) is 6.37. The Kier molecular flexibility index (Phi) is 10.1. The second-order valence-electron chi connectivity index (χ2n) is 12.6. The highest BCUT2D eigenvalue weighted by atomic mass is 28.4. The lowest BCUT2D eigenvalue weighted by Gasteiger charge is -2.33. The summed E-state index contributed by atoms with van der Waals surface area (Å²) in [6, 6.07) is 10.0. The number of benzene rings is 1. The van der Waals surface area contributed by atoms with Crippen LogP contribution in [0.3, 0.4) is 0 Å². The number of fused-ring (bicyclic) bond motifs is 1. The summed E-state index contributed by atoms with van der Waals surface area (Å²) in [5.74, 6) is 0.981. The summed E-state index contributed by atoms with van der Waals surface area (Å²) in [4.78, 5) is 45.1. The number of hydrogen-bond acceptors (Lipinski definition) is 5. The van der Waals surface area contributed by atoms with Gasteiger partial charge >= 0.3 is 0 Å². The van der Waals surface area contributed by atoms with E-state index < -0.39 is 43.8 Å². The minimum atomic E-state index is -1.93. The first-order valence-electron chi connectivity index (χ1n) is 14.2. The molecule has 1 N–H and O–H groups in total. The van der Waals surface area contributed by atoms with Gasteiger partial charge in [-0.3, -0.25) is 24.3 Å². The van der Waals surface area contributed by atoms with Gasteiger partial charge in [-0.1, -0.05) is 57.7 Å². The Labute approximate surface area is 244 Å². The smallest absolute Gasteiger partial charge is 0.264 e. The van der Waals surface area contributed by atoms with Crippen LogP contribution in [-0.2, 0) is 14.8 Å². The van der Waals surface area contributed by atoms with Crippen molar-refractivity contribution in [3.8, 4) is 12.0 Å². The van der Waals surface area contributed by atoms with E-state index >= 15 is 4.39 Å². The summed E-state index contributed by atoms with van der Waals surface area (Å²) in [5, 5.41) is 2.91. The minimum absolute atomic E-state index is 0.0173. The van der Waals surface area contributed by atoms with Crippen molar-refractivity contribution in [1.29, 1.82) is 0 Å². The van der Waals surface area contributed by atoms with Crippen LogP contribution in [0.1, 0.15) is 93.1 Å². The van der Waals surface area contributed by atoms with Gasteiger partial charge in [-0.25, -0.2) is 4.39 Å². The number of unbranched alkanes of at least 4 members (excludes halogenated alkanes) is 3. The average molecular weight is 580 g/mol. The van der Waals surface area contributed by atoms with E-state index in [2.05, 4.69) is 56.2 Å². The highest BCUT2D eigenvalue weighted by molar-refractivity contribution is 6.74. The molecule has 3 amide bonds. The van der Waals surface area contributed by atoms with Crippen LogP contribution in [0.4, 0.5) is 4.39 Å². The van der Waals surface area contributed by atoms with Gasteiger partial charge in [0.15, 0.2) is 0 Å². The molecule has 41 heavy (non-hydrogen) atoms. The van der Waals surface area contributed by atoms with E-state index in [9.17, 15) is 14.4 Å². The summed E-state index contributed by atoms with van der Waals surface area (Å²) in [6.07, 6.45) is 5.25. The van der Waals surface area contributed by atoms with E-state index in [1.807, 2.05) is 0 Å². The van der Waals surface area contributed by atoms with E-state index in [1.165, 1.54) is 12.1 Å². The zero-order chi connectivity index (χ0) is 30.4. The molecule has 0 bridgehead atoms. The van der Waals surface area contributed by atoms with Gasteiger partial charge in [-0.2, -0.15) is 0 Å². The van der Waals surface area contributed by atoms with Crippen LogP contribution in [0, 0.1) is 12.0 Å². The average Bonchev–Trinajstić information content (AvgIpc) is 3.15. The van der Waals surface area contributed by atoms with Crippen LogP contribution in [0.2, 0.25) is 18.1 Å². The van der Waals surface area contributed by atoms with Crippen molar-refractivity contribution in [2.24, 2.45) is 0 Å². The normalized spacial score (nSPS) is 15.1. The summed E-state index contributed by atoms with van der Waals surface area (Å²) < 4.78 is 21.8. The summed E-state index contributed by atoms with van der Waals surface area (Å²) in [7, 11) is -1.93. The SMILES string of the molecule is CC(C)(NC(=O)[C@H]([C@@H](F)CCCCCC#CO[Si](C)(C)C(C)(C)C)N1C(=O)c2ccccc2C1=O)c1ccccn1. The van der Waals surface area contributed by atoms with Crippen molar-refractivity contribution < 1.29 is 23.2 Å². The molecule has 0 spiro atoms. The Balaban J connectivity index is 1.67. The lowest BCUT2D eigenvalue weighted by molar-refractivity contribution is -0.129. The summed E-state index contributed by atoms with van der Waals surface area (Å²) in [5.41, 5.74) is -0.0429. The van der Waals surface area contributed by atoms with Crippen molar-refractivity contribution >= 4 is 26.0 Å². The maximum absolute atomic E-state index is 15.9. The van der Waals surface area contributed by atoms with E-state index in [0.29, 0.717) is 25.0 Å². The fourth-order valence-corrected chi connectivity index (χ4v) is 4.97. The molecule has 0 unspecified atom stereocenters. The number of nitrogens with one attached hydrogen (secondary N) is 1. The van der Waals surface area contributed by atoms with Crippen molar-refractivity contribution in [2.45, 2.75) is 103 Å². The molecular formula is C32H42FN3O4Si. The van der Waals surface area contributed by atoms with Crippen LogP contribution in [-0.4, -0.2) is 48.1 Å². The molecule has 0 radical (unpaired) electrons. The van der Waals surface area contributed by atoms with Gasteiger partial charge in [0.05, 0.1) is 28.5 Å². The van der Waals surface area contributed by atoms with Crippen molar-refractivity contribution in [3.05, 3.63) is 65.5 Å². The number of halogens is 1. The second-order valence-corrected chi connectivity index (χ2v) is 17.3. The zero-order valence-corrected chi connectivity index (χ0v) is 26.2. The van der Waals surface area contributed by atoms with Crippen LogP contribution < -0.4 is 5.32 Å². The molecule has 9 heteroatoms. The third-order valence-corrected chi connectivity index (χ3v) is 12.1. The quantitative estimate of drug-likeness (QED) is 0.145. The third-order valence-electron chi connectivity index (χ3n) is 7.92. The van der Waals surface area contributed by atoms with Crippen LogP contribution in [0.15, 0.2) is 48.7 Å². The monoisotopic (exact) mass is 579 g/mol. The molecule has 1 aliphatic rings. The Hall–Kier alpha value is -3.51. The lowest BCUT2D eigenvalue weighted by atomic mass is 9.97. The van der Waals surface area contributed by atoms with Crippen LogP contribution in [0.5, 0.6) is 0 Å². The fourth-order valence-electron chi connectivity index (χ4n) is 4.34. The number of hydrogen-bond donors (Lipinski definition) is 1. The topological polar surface area (TPSA) is 88.6 Å². The predicted molar refractivity (Wildman–Crippen MR) is 160 cm³/mol. The molecule has 0 saturated heterocycles. The molecule has 2 atom stereocenters. The van der Waals surface area contributed by atoms with Gasteiger partial charge in [0.1, 0.15) is 12.2 Å². The standard InChI is InChI=1S/C32H42FN3O4Si/c1-31(2,3)41(6,7)40-22-16-10-8-9-11-19-25(33)27(28(37)35-32(4,5)26-20-14-15-21-34-26)36-29(38)23-17-12-13-18-24(23)30(36)39/h12-15,17-18,20-21,25,27H,8-11,19H2,1-7H3,(H,35,37)/t25-,27-/m0/s1. The highest BCUT2D eigenvalue weighted by Gasteiger charge is 2.47. The lowest BCUT2D eigenvalue weighted by Crippen LogP contribution is -2.57. The summed E-state index contributed by atoms with van der Waals surface area (Å²) >= 11 is 0.